The fourth-order valence-corrected chi connectivity index (χ4v) is 4.10. The number of hydrogen-bond donors (Lipinski definition) is 0. The lowest BCUT2D eigenvalue weighted by atomic mass is 9.98. The summed E-state index contributed by atoms with van der Waals surface area (Å²) < 4.78 is 12.0. The molecule has 0 aliphatic heterocycles. The SMILES string of the molecule is Clc1ccc2c(c1)oc1ccc(-c3cccc4oc5ccccc5c34)cc12. The van der Waals surface area contributed by atoms with Crippen molar-refractivity contribution in [2.24, 2.45) is 0 Å². The Kier molecular flexibility index (Phi) is 2.97. The van der Waals surface area contributed by atoms with E-state index in [0.717, 1.165) is 55.0 Å². The number of furan rings is 2. The van der Waals surface area contributed by atoms with E-state index in [1.165, 1.54) is 0 Å². The lowest BCUT2D eigenvalue weighted by molar-refractivity contribution is 0.669. The van der Waals surface area contributed by atoms with E-state index in [-0.39, 0.29) is 0 Å². The molecule has 0 atom stereocenters. The first-order valence-corrected chi connectivity index (χ1v) is 9.18. The first-order chi connectivity index (χ1) is 13.3. The molecule has 4 aromatic carbocycles. The van der Waals surface area contributed by atoms with Gasteiger partial charge in [-0.2, -0.15) is 0 Å². The minimum atomic E-state index is 0.677. The highest BCUT2D eigenvalue weighted by molar-refractivity contribution is 6.31. The summed E-state index contributed by atoms with van der Waals surface area (Å²) in [6.07, 6.45) is 0. The van der Waals surface area contributed by atoms with Crippen molar-refractivity contribution in [3.63, 3.8) is 0 Å². The third kappa shape index (κ3) is 2.14. The van der Waals surface area contributed by atoms with Crippen molar-refractivity contribution >= 4 is 55.5 Å². The molecule has 0 aliphatic rings. The van der Waals surface area contributed by atoms with Gasteiger partial charge in [-0.3, -0.25) is 0 Å². The molecule has 0 radical (unpaired) electrons. The van der Waals surface area contributed by atoms with Crippen LogP contribution in [0.3, 0.4) is 0 Å². The maximum absolute atomic E-state index is 6.11. The number of halogens is 1. The maximum Gasteiger partial charge on any atom is 0.136 e. The number of fused-ring (bicyclic) bond motifs is 6. The number of rotatable bonds is 1. The van der Waals surface area contributed by atoms with Gasteiger partial charge in [0, 0.05) is 32.6 Å². The summed E-state index contributed by atoms with van der Waals surface area (Å²) in [6, 6.07) is 26.5. The molecule has 0 spiro atoms. The van der Waals surface area contributed by atoms with E-state index in [1.807, 2.05) is 54.6 Å². The van der Waals surface area contributed by atoms with E-state index in [1.54, 1.807) is 0 Å². The Labute approximate surface area is 159 Å². The highest BCUT2D eigenvalue weighted by Gasteiger charge is 2.14. The van der Waals surface area contributed by atoms with Crippen LogP contribution in [0.4, 0.5) is 0 Å². The fourth-order valence-electron chi connectivity index (χ4n) is 3.93. The Morgan fingerprint density at radius 2 is 1.37 bits per heavy atom. The molecule has 6 rings (SSSR count). The van der Waals surface area contributed by atoms with E-state index in [2.05, 4.69) is 24.3 Å². The van der Waals surface area contributed by atoms with Gasteiger partial charge in [0.25, 0.3) is 0 Å². The summed E-state index contributed by atoms with van der Waals surface area (Å²) in [5.41, 5.74) is 5.77. The maximum atomic E-state index is 6.11. The average Bonchev–Trinajstić information content (AvgIpc) is 3.24. The molecule has 27 heavy (non-hydrogen) atoms. The van der Waals surface area contributed by atoms with Gasteiger partial charge in [-0.1, -0.05) is 48.0 Å². The molecule has 3 heteroatoms. The number of hydrogen-bond acceptors (Lipinski definition) is 2. The molecule has 6 aromatic rings. The van der Waals surface area contributed by atoms with Crippen molar-refractivity contribution in [1.82, 2.24) is 0 Å². The van der Waals surface area contributed by atoms with E-state index < -0.39 is 0 Å². The summed E-state index contributed by atoms with van der Waals surface area (Å²) in [4.78, 5) is 0. The first-order valence-electron chi connectivity index (χ1n) is 8.80. The van der Waals surface area contributed by atoms with Gasteiger partial charge >= 0.3 is 0 Å². The largest absolute Gasteiger partial charge is 0.456 e. The highest BCUT2D eigenvalue weighted by atomic mass is 35.5. The van der Waals surface area contributed by atoms with E-state index >= 15 is 0 Å². The van der Waals surface area contributed by atoms with E-state index in [9.17, 15) is 0 Å². The average molecular weight is 369 g/mol. The van der Waals surface area contributed by atoms with Gasteiger partial charge in [-0.15, -0.1) is 0 Å². The molecule has 0 N–H and O–H groups in total. The summed E-state index contributed by atoms with van der Waals surface area (Å²) >= 11 is 6.11. The van der Waals surface area contributed by atoms with Crippen LogP contribution in [-0.4, -0.2) is 0 Å². The predicted molar refractivity (Wildman–Crippen MR) is 111 cm³/mol. The zero-order valence-electron chi connectivity index (χ0n) is 14.2. The van der Waals surface area contributed by atoms with Crippen LogP contribution < -0.4 is 0 Å². The molecule has 2 aromatic heterocycles. The molecular formula is C24H13ClO2. The number of para-hydroxylation sites is 1. The molecule has 0 unspecified atom stereocenters. The van der Waals surface area contributed by atoms with Crippen LogP contribution in [0.25, 0.3) is 55.0 Å². The van der Waals surface area contributed by atoms with Crippen LogP contribution >= 0.6 is 11.6 Å². The second-order valence-electron chi connectivity index (χ2n) is 6.73. The topological polar surface area (TPSA) is 26.3 Å². The zero-order valence-corrected chi connectivity index (χ0v) is 15.0. The van der Waals surface area contributed by atoms with Gasteiger partial charge in [0.2, 0.25) is 0 Å². The molecule has 0 fully saturated rings. The smallest absolute Gasteiger partial charge is 0.136 e. The van der Waals surface area contributed by atoms with Crippen molar-refractivity contribution < 1.29 is 8.83 Å². The Hall–Kier alpha value is -3.23. The minimum absolute atomic E-state index is 0.677. The normalized spacial score (nSPS) is 11.9. The molecule has 0 bridgehead atoms. The zero-order chi connectivity index (χ0) is 18.0. The number of benzene rings is 4. The molecule has 0 saturated carbocycles. The van der Waals surface area contributed by atoms with Crippen LogP contribution in [0, 0.1) is 0 Å². The quantitative estimate of drug-likeness (QED) is 0.296. The third-order valence-electron chi connectivity index (χ3n) is 5.15. The Morgan fingerprint density at radius 3 is 2.33 bits per heavy atom. The molecule has 2 nitrogen and oxygen atoms in total. The van der Waals surface area contributed by atoms with Gasteiger partial charge in [0.05, 0.1) is 0 Å². The lowest BCUT2D eigenvalue weighted by Gasteiger charge is -2.04. The van der Waals surface area contributed by atoms with E-state index in [0.29, 0.717) is 5.02 Å². The van der Waals surface area contributed by atoms with Crippen LogP contribution in [0.15, 0.2) is 87.7 Å². The third-order valence-corrected chi connectivity index (χ3v) is 5.38. The predicted octanol–water partition coefficient (Wildman–Crippen LogP) is 7.81. The monoisotopic (exact) mass is 368 g/mol. The molecular weight excluding hydrogens is 356 g/mol. The van der Waals surface area contributed by atoms with Crippen LogP contribution in [0.2, 0.25) is 5.02 Å². The van der Waals surface area contributed by atoms with Crippen molar-refractivity contribution in [2.75, 3.05) is 0 Å². The summed E-state index contributed by atoms with van der Waals surface area (Å²) in [5, 5.41) is 5.11. The molecule has 128 valence electrons. The van der Waals surface area contributed by atoms with Gasteiger partial charge in [0.15, 0.2) is 0 Å². The van der Waals surface area contributed by atoms with Crippen molar-refractivity contribution in [1.29, 1.82) is 0 Å². The summed E-state index contributed by atoms with van der Waals surface area (Å²) in [6.45, 7) is 0. The fraction of sp³-hybridized carbons (Fsp3) is 0. The van der Waals surface area contributed by atoms with Gasteiger partial charge < -0.3 is 8.83 Å². The molecule has 0 aliphatic carbocycles. The Bertz CT molecular complexity index is 1490. The second-order valence-corrected chi connectivity index (χ2v) is 7.17. The van der Waals surface area contributed by atoms with Crippen molar-refractivity contribution in [3.05, 3.63) is 83.9 Å². The van der Waals surface area contributed by atoms with Crippen LogP contribution in [0.1, 0.15) is 0 Å². The lowest BCUT2D eigenvalue weighted by Crippen LogP contribution is -1.79. The summed E-state index contributed by atoms with van der Waals surface area (Å²) in [5.74, 6) is 0. The van der Waals surface area contributed by atoms with Gasteiger partial charge in [-0.05, 0) is 47.5 Å². The highest BCUT2D eigenvalue weighted by Crippen LogP contribution is 2.39. The standard InChI is InChI=1S/C24H13ClO2/c25-15-9-10-17-19-12-14(8-11-21(19)27-23(17)13-15)16-5-3-7-22-24(16)18-4-1-2-6-20(18)26-22/h1-13H. The molecule has 2 heterocycles. The second kappa shape index (κ2) is 5.38. The van der Waals surface area contributed by atoms with Crippen LogP contribution in [-0.2, 0) is 0 Å². The van der Waals surface area contributed by atoms with Crippen molar-refractivity contribution in [3.8, 4) is 11.1 Å². The molecule has 0 saturated heterocycles. The Morgan fingerprint density at radius 1 is 0.556 bits per heavy atom. The first kappa shape index (κ1) is 14.9. The Balaban J connectivity index is 1.69. The van der Waals surface area contributed by atoms with Gasteiger partial charge in [-0.25, -0.2) is 0 Å². The van der Waals surface area contributed by atoms with Crippen molar-refractivity contribution in [2.45, 2.75) is 0 Å². The van der Waals surface area contributed by atoms with Crippen LogP contribution in [0.5, 0.6) is 0 Å². The minimum Gasteiger partial charge on any atom is -0.456 e. The summed E-state index contributed by atoms with van der Waals surface area (Å²) in [7, 11) is 0. The van der Waals surface area contributed by atoms with E-state index in [4.69, 9.17) is 20.4 Å². The molecule has 0 amide bonds. The van der Waals surface area contributed by atoms with Gasteiger partial charge in [0.1, 0.15) is 22.3 Å².